The number of nitrogens with zero attached hydrogens (tertiary/aromatic N) is 4. The van der Waals surface area contributed by atoms with Gasteiger partial charge in [-0.15, -0.1) is 0 Å². The summed E-state index contributed by atoms with van der Waals surface area (Å²) in [7, 11) is 0. The van der Waals surface area contributed by atoms with Gasteiger partial charge in [-0.05, 0) is 41.0 Å². The fourth-order valence-electron chi connectivity index (χ4n) is 8.08. The second kappa shape index (κ2) is 15.5. The number of hydrogen-bond donors (Lipinski definition) is 0. The molecule has 8 aromatic carbocycles. The number of aromatic nitrogens is 4. The Morgan fingerprint density at radius 2 is 0.656 bits per heavy atom. The van der Waals surface area contributed by atoms with Crippen LogP contribution in [0, 0.1) is 0 Å². The Hall–Kier alpha value is -8.28. The maximum Gasteiger partial charge on any atom is 0.160 e. The zero-order valence-electron chi connectivity index (χ0n) is 33.0. The summed E-state index contributed by atoms with van der Waals surface area (Å²) in [6.45, 7) is 0. The van der Waals surface area contributed by atoms with Crippen molar-refractivity contribution in [3.05, 3.63) is 218 Å². The molecule has 11 aromatic rings. The molecule has 0 bridgehead atoms. The molecule has 0 unspecified atom stereocenters. The molecule has 0 aliphatic heterocycles. The Kier molecular flexibility index (Phi) is 9.10. The molecule has 0 amide bonds. The first kappa shape index (κ1) is 35.8. The van der Waals surface area contributed by atoms with Crippen LogP contribution in [0.5, 0.6) is 0 Å². The third kappa shape index (κ3) is 6.94. The smallest absolute Gasteiger partial charge is 0.160 e. The average Bonchev–Trinajstić information content (AvgIpc) is 3.73. The lowest BCUT2D eigenvalue weighted by atomic mass is 9.91. The van der Waals surface area contributed by atoms with E-state index in [1.807, 2.05) is 84.9 Å². The zero-order valence-corrected chi connectivity index (χ0v) is 33.0. The molecule has 11 rings (SSSR count). The molecule has 0 fully saturated rings. The summed E-state index contributed by atoms with van der Waals surface area (Å²) in [5.41, 5.74) is 15.4. The number of benzene rings is 8. The van der Waals surface area contributed by atoms with Crippen molar-refractivity contribution in [2.45, 2.75) is 0 Å². The van der Waals surface area contributed by atoms with Crippen LogP contribution in [0.25, 0.3) is 112 Å². The molecule has 0 aliphatic rings. The highest BCUT2D eigenvalue weighted by molar-refractivity contribution is 6.12. The number of rotatable bonds is 8. The average molecular weight is 781 g/mol. The normalized spacial score (nSPS) is 11.3. The fourth-order valence-corrected chi connectivity index (χ4v) is 8.08. The summed E-state index contributed by atoms with van der Waals surface area (Å²) in [6, 6.07) is 75.0. The van der Waals surface area contributed by atoms with Crippen LogP contribution in [0.4, 0.5) is 0 Å². The Bertz CT molecular complexity index is 3200. The molecule has 0 saturated carbocycles. The maximum atomic E-state index is 6.71. The Labute approximate surface area is 353 Å². The number of fused-ring (bicyclic) bond motifs is 3. The standard InChI is InChI=1S/C56H36N4O/c1-5-15-38(16-6-1)48-35-50(59-55(57-48)43-19-9-3-10-20-43)40-27-25-37(26-28-40)45-33-34-47-46-23-13-14-24-52(46)61-54(47)53(45)42-31-29-41(30-32-42)51-36-49(39-17-7-2-8-18-39)58-56(60-51)44-21-11-4-12-22-44/h1-36H. The van der Waals surface area contributed by atoms with Crippen LogP contribution in [0.3, 0.4) is 0 Å². The number of furan rings is 1. The first-order valence-corrected chi connectivity index (χ1v) is 20.4. The minimum atomic E-state index is 0.688. The topological polar surface area (TPSA) is 64.7 Å². The summed E-state index contributed by atoms with van der Waals surface area (Å²) < 4.78 is 6.71. The third-order valence-corrected chi connectivity index (χ3v) is 11.2. The largest absolute Gasteiger partial charge is 0.455 e. The van der Waals surface area contributed by atoms with Gasteiger partial charge in [-0.3, -0.25) is 0 Å². The molecule has 0 aliphatic carbocycles. The molecule has 3 aromatic heterocycles. The van der Waals surface area contributed by atoms with E-state index in [4.69, 9.17) is 24.4 Å². The van der Waals surface area contributed by atoms with Crippen LogP contribution in [0.2, 0.25) is 0 Å². The highest BCUT2D eigenvalue weighted by Gasteiger charge is 2.19. The first-order chi connectivity index (χ1) is 30.2. The van der Waals surface area contributed by atoms with Gasteiger partial charge in [0.15, 0.2) is 11.6 Å². The van der Waals surface area contributed by atoms with E-state index in [2.05, 4.69) is 133 Å². The predicted molar refractivity (Wildman–Crippen MR) is 248 cm³/mol. The van der Waals surface area contributed by atoms with E-state index in [0.717, 1.165) is 100 Å². The summed E-state index contributed by atoms with van der Waals surface area (Å²) in [5.74, 6) is 1.38. The van der Waals surface area contributed by atoms with Crippen molar-refractivity contribution in [1.29, 1.82) is 0 Å². The molecule has 0 spiro atoms. The van der Waals surface area contributed by atoms with Crippen molar-refractivity contribution in [2.75, 3.05) is 0 Å². The van der Waals surface area contributed by atoms with Crippen LogP contribution in [0.1, 0.15) is 0 Å². The molecule has 61 heavy (non-hydrogen) atoms. The second-order valence-corrected chi connectivity index (χ2v) is 15.0. The lowest BCUT2D eigenvalue weighted by Crippen LogP contribution is -1.96. The zero-order chi connectivity index (χ0) is 40.5. The Morgan fingerprint density at radius 3 is 1.13 bits per heavy atom. The van der Waals surface area contributed by atoms with Gasteiger partial charge in [0.1, 0.15) is 11.2 Å². The molecule has 0 radical (unpaired) electrons. The highest BCUT2D eigenvalue weighted by Crippen LogP contribution is 2.43. The molecule has 0 atom stereocenters. The van der Waals surface area contributed by atoms with Gasteiger partial charge < -0.3 is 4.42 Å². The number of para-hydroxylation sites is 1. The van der Waals surface area contributed by atoms with Crippen molar-refractivity contribution in [3.8, 4) is 90.1 Å². The molecule has 0 N–H and O–H groups in total. The minimum Gasteiger partial charge on any atom is -0.455 e. The molecule has 3 heterocycles. The van der Waals surface area contributed by atoms with Crippen molar-refractivity contribution >= 4 is 21.9 Å². The van der Waals surface area contributed by atoms with Gasteiger partial charge in [0.2, 0.25) is 0 Å². The maximum absolute atomic E-state index is 6.71. The Balaban J connectivity index is 1.02. The van der Waals surface area contributed by atoms with Gasteiger partial charge in [0.05, 0.1) is 22.8 Å². The molecule has 5 nitrogen and oxygen atoms in total. The second-order valence-electron chi connectivity index (χ2n) is 15.0. The van der Waals surface area contributed by atoms with Gasteiger partial charge in [0, 0.05) is 49.7 Å². The van der Waals surface area contributed by atoms with E-state index in [9.17, 15) is 0 Å². The molecule has 286 valence electrons. The summed E-state index contributed by atoms with van der Waals surface area (Å²) in [4.78, 5) is 20.1. The van der Waals surface area contributed by atoms with Gasteiger partial charge in [-0.1, -0.05) is 194 Å². The van der Waals surface area contributed by atoms with Crippen LogP contribution in [-0.2, 0) is 0 Å². The van der Waals surface area contributed by atoms with Crippen LogP contribution >= 0.6 is 0 Å². The van der Waals surface area contributed by atoms with Crippen molar-refractivity contribution in [1.82, 2.24) is 19.9 Å². The minimum absolute atomic E-state index is 0.688. The lowest BCUT2D eigenvalue weighted by molar-refractivity contribution is 0.670. The van der Waals surface area contributed by atoms with E-state index >= 15 is 0 Å². The van der Waals surface area contributed by atoms with E-state index in [0.29, 0.717) is 11.6 Å². The molecule has 5 heteroatoms. The highest BCUT2D eigenvalue weighted by atomic mass is 16.3. The molecular formula is C56H36N4O. The van der Waals surface area contributed by atoms with Gasteiger partial charge in [-0.2, -0.15) is 0 Å². The van der Waals surface area contributed by atoms with E-state index in [1.165, 1.54) is 0 Å². The van der Waals surface area contributed by atoms with E-state index < -0.39 is 0 Å². The molecular weight excluding hydrogens is 745 g/mol. The van der Waals surface area contributed by atoms with Crippen molar-refractivity contribution < 1.29 is 4.42 Å². The Morgan fingerprint density at radius 1 is 0.279 bits per heavy atom. The first-order valence-electron chi connectivity index (χ1n) is 20.4. The lowest BCUT2D eigenvalue weighted by Gasteiger charge is -2.14. The van der Waals surface area contributed by atoms with Gasteiger partial charge >= 0.3 is 0 Å². The quantitative estimate of drug-likeness (QED) is 0.154. The summed E-state index contributed by atoms with van der Waals surface area (Å²) in [5, 5.41) is 2.17. The van der Waals surface area contributed by atoms with Gasteiger partial charge in [0.25, 0.3) is 0 Å². The van der Waals surface area contributed by atoms with Crippen LogP contribution < -0.4 is 0 Å². The fraction of sp³-hybridized carbons (Fsp3) is 0. The predicted octanol–water partition coefficient (Wildman–Crippen LogP) is 14.5. The SMILES string of the molecule is c1ccc(-c2cc(-c3ccc(-c4ccc5c(oc6ccccc65)c4-c4ccc(-c5cc(-c6ccccc6)nc(-c6ccccc6)n5)cc4)cc3)nc(-c3ccccc3)n2)cc1. The van der Waals surface area contributed by atoms with E-state index in [-0.39, 0.29) is 0 Å². The van der Waals surface area contributed by atoms with Crippen molar-refractivity contribution in [3.63, 3.8) is 0 Å². The van der Waals surface area contributed by atoms with Crippen LogP contribution in [0.15, 0.2) is 223 Å². The molecule has 0 saturated heterocycles. The van der Waals surface area contributed by atoms with Crippen LogP contribution in [-0.4, -0.2) is 19.9 Å². The third-order valence-electron chi connectivity index (χ3n) is 11.2. The summed E-state index contributed by atoms with van der Waals surface area (Å²) in [6.07, 6.45) is 0. The monoisotopic (exact) mass is 780 g/mol. The van der Waals surface area contributed by atoms with E-state index in [1.54, 1.807) is 0 Å². The van der Waals surface area contributed by atoms with Gasteiger partial charge in [-0.25, -0.2) is 19.9 Å². The summed E-state index contributed by atoms with van der Waals surface area (Å²) >= 11 is 0. The van der Waals surface area contributed by atoms with Crippen molar-refractivity contribution in [2.24, 2.45) is 0 Å². The number of hydrogen-bond acceptors (Lipinski definition) is 5.